The number of hydrogen-bond acceptors (Lipinski definition) is 4. The lowest BCUT2D eigenvalue weighted by atomic mass is 10.2. The average molecular weight is 280 g/mol. The van der Waals surface area contributed by atoms with Gasteiger partial charge in [-0.2, -0.15) is 0 Å². The summed E-state index contributed by atoms with van der Waals surface area (Å²) in [6.07, 6.45) is 0. The fourth-order valence-corrected chi connectivity index (χ4v) is 1.54. The first-order valence-corrected chi connectivity index (χ1v) is 5.48. The van der Waals surface area contributed by atoms with Gasteiger partial charge in [-0.25, -0.2) is 0 Å². The molecule has 0 saturated heterocycles. The first kappa shape index (κ1) is 14.8. The molecule has 0 aliphatic rings. The number of halogens is 1. The van der Waals surface area contributed by atoms with Crippen LogP contribution >= 0.6 is 12.4 Å². The standard InChI is InChI=1S/C13H13N3O2.ClH/c14-11-3-5-12(6-4-11)15-9-10-1-7-13(8-2-10)16(17)18;/h1-8,15H,9,14H2;1H. The molecule has 0 aromatic heterocycles. The molecular formula is C13H14ClN3O2. The number of nitrogens with zero attached hydrogens (tertiary/aromatic N) is 1. The Morgan fingerprint density at radius 3 is 2.16 bits per heavy atom. The topological polar surface area (TPSA) is 81.2 Å². The van der Waals surface area contributed by atoms with Gasteiger partial charge in [-0.1, -0.05) is 12.1 Å². The normalized spacial score (nSPS) is 9.47. The van der Waals surface area contributed by atoms with Crippen molar-refractivity contribution < 1.29 is 4.92 Å². The van der Waals surface area contributed by atoms with Crippen molar-refractivity contribution in [2.45, 2.75) is 6.54 Å². The lowest BCUT2D eigenvalue weighted by Gasteiger charge is -2.06. The first-order valence-electron chi connectivity index (χ1n) is 5.48. The molecule has 0 saturated carbocycles. The van der Waals surface area contributed by atoms with Crippen LogP contribution in [0.2, 0.25) is 0 Å². The molecule has 5 nitrogen and oxygen atoms in total. The molecule has 6 heteroatoms. The minimum absolute atomic E-state index is 0. The summed E-state index contributed by atoms with van der Waals surface area (Å²) in [5, 5.41) is 13.7. The Balaban J connectivity index is 0.00000180. The van der Waals surface area contributed by atoms with E-state index in [9.17, 15) is 10.1 Å². The van der Waals surface area contributed by atoms with Crippen molar-refractivity contribution in [1.82, 2.24) is 0 Å². The summed E-state index contributed by atoms with van der Waals surface area (Å²) in [6.45, 7) is 0.613. The van der Waals surface area contributed by atoms with Crippen LogP contribution in [-0.4, -0.2) is 4.92 Å². The minimum Gasteiger partial charge on any atom is -0.399 e. The third-order valence-corrected chi connectivity index (χ3v) is 2.55. The van der Waals surface area contributed by atoms with E-state index in [1.807, 2.05) is 24.3 Å². The van der Waals surface area contributed by atoms with Crippen LogP contribution in [0.25, 0.3) is 0 Å². The van der Waals surface area contributed by atoms with Crippen LogP contribution in [0.3, 0.4) is 0 Å². The van der Waals surface area contributed by atoms with Crippen LogP contribution in [0.5, 0.6) is 0 Å². The zero-order valence-electron chi connectivity index (χ0n) is 10.1. The van der Waals surface area contributed by atoms with Crippen molar-refractivity contribution >= 4 is 29.5 Å². The molecule has 19 heavy (non-hydrogen) atoms. The van der Waals surface area contributed by atoms with E-state index in [0.29, 0.717) is 6.54 Å². The lowest BCUT2D eigenvalue weighted by Crippen LogP contribution is -1.99. The third-order valence-electron chi connectivity index (χ3n) is 2.55. The minimum atomic E-state index is -0.406. The zero-order valence-corrected chi connectivity index (χ0v) is 10.9. The largest absolute Gasteiger partial charge is 0.399 e. The van der Waals surface area contributed by atoms with Gasteiger partial charge < -0.3 is 11.1 Å². The van der Waals surface area contributed by atoms with Gasteiger partial charge >= 0.3 is 0 Å². The number of nitrogens with one attached hydrogen (secondary N) is 1. The Labute approximate surface area is 117 Å². The van der Waals surface area contributed by atoms with Crippen molar-refractivity contribution in [2.24, 2.45) is 0 Å². The van der Waals surface area contributed by atoms with Crippen molar-refractivity contribution in [1.29, 1.82) is 0 Å². The fourth-order valence-electron chi connectivity index (χ4n) is 1.54. The molecule has 0 unspecified atom stereocenters. The van der Waals surface area contributed by atoms with Crippen molar-refractivity contribution in [3.63, 3.8) is 0 Å². The number of rotatable bonds is 4. The van der Waals surface area contributed by atoms with Crippen molar-refractivity contribution in [3.05, 3.63) is 64.2 Å². The fraction of sp³-hybridized carbons (Fsp3) is 0.0769. The van der Waals surface area contributed by atoms with Gasteiger partial charge in [0.25, 0.3) is 5.69 Å². The molecule has 2 rings (SSSR count). The van der Waals surface area contributed by atoms with E-state index in [2.05, 4.69) is 5.32 Å². The highest BCUT2D eigenvalue weighted by Gasteiger charge is 2.03. The summed E-state index contributed by atoms with van der Waals surface area (Å²) in [5.74, 6) is 0. The van der Waals surface area contributed by atoms with Crippen LogP contribution in [-0.2, 0) is 6.54 Å². The lowest BCUT2D eigenvalue weighted by molar-refractivity contribution is -0.384. The van der Waals surface area contributed by atoms with E-state index in [1.54, 1.807) is 12.1 Å². The first-order chi connectivity index (χ1) is 8.65. The van der Waals surface area contributed by atoms with Crippen molar-refractivity contribution in [2.75, 3.05) is 11.1 Å². The highest BCUT2D eigenvalue weighted by molar-refractivity contribution is 5.85. The van der Waals surface area contributed by atoms with E-state index in [4.69, 9.17) is 5.73 Å². The maximum absolute atomic E-state index is 10.5. The molecule has 0 aliphatic carbocycles. The summed E-state index contributed by atoms with van der Waals surface area (Å²) in [5.41, 5.74) is 8.35. The van der Waals surface area contributed by atoms with Gasteiger partial charge in [0.1, 0.15) is 0 Å². The van der Waals surface area contributed by atoms with Gasteiger partial charge in [0, 0.05) is 30.1 Å². The molecule has 2 aromatic rings. The van der Waals surface area contributed by atoms with E-state index in [1.165, 1.54) is 12.1 Å². The summed E-state index contributed by atoms with van der Waals surface area (Å²) in [4.78, 5) is 10.1. The average Bonchev–Trinajstić information content (AvgIpc) is 2.38. The second kappa shape index (κ2) is 6.61. The Morgan fingerprint density at radius 1 is 1.05 bits per heavy atom. The zero-order chi connectivity index (χ0) is 13.0. The number of nitro groups is 1. The Kier molecular flexibility index (Phi) is 5.14. The van der Waals surface area contributed by atoms with Gasteiger partial charge in [-0.3, -0.25) is 10.1 Å². The Hall–Kier alpha value is -2.27. The number of nitro benzene ring substituents is 1. The molecule has 0 spiro atoms. The number of anilines is 2. The number of benzene rings is 2. The number of nitrogens with two attached hydrogens (primary N) is 1. The highest BCUT2D eigenvalue weighted by atomic mass is 35.5. The second-order valence-electron chi connectivity index (χ2n) is 3.90. The van der Waals surface area contributed by atoms with Gasteiger partial charge in [-0.15, -0.1) is 12.4 Å². The molecule has 0 atom stereocenters. The highest BCUT2D eigenvalue weighted by Crippen LogP contribution is 2.14. The molecule has 0 bridgehead atoms. The molecule has 100 valence electrons. The van der Waals surface area contributed by atoms with Gasteiger partial charge in [0.15, 0.2) is 0 Å². The molecular weight excluding hydrogens is 266 g/mol. The van der Waals surface area contributed by atoms with E-state index in [0.717, 1.165) is 16.9 Å². The monoisotopic (exact) mass is 279 g/mol. The Bertz CT molecular complexity index is 541. The molecule has 3 N–H and O–H groups in total. The molecule has 2 aromatic carbocycles. The summed E-state index contributed by atoms with van der Waals surface area (Å²) >= 11 is 0. The number of nitrogen functional groups attached to an aromatic ring is 1. The van der Waals surface area contributed by atoms with Crippen LogP contribution < -0.4 is 11.1 Å². The van der Waals surface area contributed by atoms with Crippen LogP contribution in [0.15, 0.2) is 48.5 Å². The van der Waals surface area contributed by atoms with Crippen molar-refractivity contribution in [3.8, 4) is 0 Å². The van der Waals surface area contributed by atoms with Crippen LogP contribution in [0.4, 0.5) is 17.1 Å². The predicted octanol–water partition coefficient (Wildman–Crippen LogP) is 3.21. The maximum atomic E-state index is 10.5. The third kappa shape index (κ3) is 4.15. The summed E-state index contributed by atoms with van der Waals surface area (Å²) in [7, 11) is 0. The summed E-state index contributed by atoms with van der Waals surface area (Å²) < 4.78 is 0. The molecule has 0 amide bonds. The Morgan fingerprint density at radius 2 is 1.63 bits per heavy atom. The molecule has 0 heterocycles. The van der Waals surface area contributed by atoms with E-state index >= 15 is 0 Å². The predicted molar refractivity (Wildman–Crippen MR) is 78.5 cm³/mol. The molecule has 0 fully saturated rings. The second-order valence-corrected chi connectivity index (χ2v) is 3.90. The maximum Gasteiger partial charge on any atom is 0.269 e. The number of hydrogen-bond donors (Lipinski definition) is 2. The SMILES string of the molecule is Cl.Nc1ccc(NCc2ccc([N+](=O)[O-])cc2)cc1. The van der Waals surface area contributed by atoms with E-state index in [-0.39, 0.29) is 18.1 Å². The van der Waals surface area contributed by atoms with Crippen LogP contribution in [0, 0.1) is 10.1 Å². The van der Waals surface area contributed by atoms with Gasteiger partial charge in [0.2, 0.25) is 0 Å². The van der Waals surface area contributed by atoms with Crippen LogP contribution in [0.1, 0.15) is 5.56 Å². The summed E-state index contributed by atoms with van der Waals surface area (Å²) in [6, 6.07) is 13.9. The smallest absolute Gasteiger partial charge is 0.269 e. The molecule has 0 radical (unpaired) electrons. The quantitative estimate of drug-likeness (QED) is 0.511. The number of non-ortho nitro benzene ring substituents is 1. The molecule has 0 aliphatic heterocycles. The van der Waals surface area contributed by atoms with E-state index < -0.39 is 4.92 Å². The van der Waals surface area contributed by atoms with Gasteiger partial charge in [-0.05, 0) is 29.8 Å². The van der Waals surface area contributed by atoms with Gasteiger partial charge in [0.05, 0.1) is 4.92 Å².